The first-order valence-corrected chi connectivity index (χ1v) is 6.70. The minimum atomic E-state index is -0.282. The van der Waals surface area contributed by atoms with Gasteiger partial charge in [-0.2, -0.15) is 0 Å². The zero-order valence-corrected chi connectivity index (χ0v) is 11.8. The highest BCUT2D eigenvalue weighted by Gasteiger charge is 2.08. The minimum Gasteiger partial charge on any atom is -0.492 e. The maximum atomic E-state index is 11.9. The van der Waals surface area contributed by atoms with Crippen molar-refractivity contribution in [1.29, 1.82) is 0 Å². The Kier molecular flexibility index (Phi) is 5.51. The lowest BCUT2D eigenvalue weighted by Gasteiger charge is -2.08. The fraction of sp³-hybridized carbons (Fsp3) is 0.267. The Labute approximate surface area is 123 Å². The van der Waals surface area contributed by atoms with Crippen molar-refractivity contribution in [3.8, 4) is 11.6 Å². The van der Waals surface area contributed by atoms with Crippen molar-refractivity contribution in [2.45, 2.75) is 6.92 Å². The molecule has 0 spiro atoms. The Morgan fingerprint density at radius 1 is 1.19 bits per heavy atom. The molecular weight excluding hydrogens is 270 g/mol. The standard InChI is InChI=1S/C15H17N3O3/c1-2-20-14-10-13(17-11-18-14)15(19)16-8-9-21-12-6-4-3-5-7-12/h3-7,10-11H,2,8-9H2,1H3,(H,16,19). The van der Waals surface area contributed by atoms with Crippen LogP contribution in [0.3, 0.4) is 0 Å². The molecule has 2 aromatic rings. The highest BCUT2D eigenvalue weighted by Crippen LogP contribution is 2.08. The monoisotopic (exact) mass is 287 g/mol. The molecule has 1 aromatic heterocycles. The number of aromatic nitrogens is 2. The molecule has 1 amide bonds. The van der Waals surface area contributed by atoms with Gasteiger partial charge in [-0.05, 0) is 19.1 Å². The van der Waals surface area contributed by atoms with Gasteiger partial charge in [-0.15, -0.1) is 0 Å². The number of carbonyl (C=O) groups excluding carboxylic acids is 1. The van der Waals surface area contributed by atoms with E-state index in [4.69, 9.17) is 9.47 Å². The van der Waals surface area contributed by atoms with E-state index in [0.717, 1.165) is 5.75 Å². The number of nitrogens with one attached hydrogen (secondary N) is 1. The third kappa shape index (κ3) is 4.76. The average Bonchev–Trinajstić information content (AvgIpc) is 2.53. The highest BCUT2D eigenvalue weighted by molar-refractivity contribution is 5.92. The van der Waals surface area contributed by atoms with Crippen molar-refractivity contribution in [3.63, 3.8) is 0 Å². The summed E-state index contributed by atoms with van der Waals surface area (Å²) in [5.74, 6) is 0.876. The molecule has 0 unspecified atom stereocenters. The summed E-state index contributed by atoms with van der Waals surface area (Å²) in [4.78, 5) is 19.7. The van der Waals surface area contributed by atoms with E-state index in [1.165, 1.54) is 12.4 Å². The molecule has 0 aliphatic heterocycles. The van der Waals surface area contributed by atoms with Gasteiger partial charge in [0.2, 0.25) is 5.88 Å². The van der Waals surface area contributed by atoms with Gasteiger partial charge in [0.15, 0.2) is 0 Å². The van der Waals surface area contributed by atoms with Gasteiger partial charge in [-0.1, -0.05) is 18.2 Å². The maximum absolute atomic E-state index is 11.9. The number of para-hydroxylation sites is 1. The van der Waals surface area contributed by atoms with E-state index in [1.54, 1.807) is 0 Å². The zero-order valence-electron chi connectivity index (χ0n) is 11.8. The van der Waals surface area contributed by atoms with Crippen molar-refractivity contribution in [3.05, 3.63) is 48.4 Å². The molecule has 1 aromatic carbocycles. The minimum absolute atomic E-state index is 0.271. The number of nitrogens with zero attached hydrogens (tertiary/aromatic N) is 2. The first-order chi connectivity index (χ1) is 10.3. The number of hydrogen-bond donors (Lipinski definition) is 1. The molecule has 6 heteroatoms. The molecule has 0 radical (unpaired) electrons. The van der Waals surface area contributed by atoms with Crippen LogP contribution < -0.4 is 14.8 Å². The van der Waals surface area contributed by atoms with Crippen LogP contribution in [0, 0.1) is 0 Å². The van der Waals surface area contributed by atoms with E-state index in [9.17, 15) is 4.79 Å². The Balaban J connectivity index is 1.78. The molecule has 0 bridgehead atoms. The number of rotatable bonds is 7. The van der Waals surface area contributed by atoms with Crippen molar-refractivity contribution in [2.75, 3.05) is 19.8 Å². The fourth-order valence-corrected chi connectivity index (χ4v) is 1.63. The molecule has 21 heavy (non-hydrogen) atoms. The molecule has 0 aliphatic rings. The first-order valence-electron chi connectivity index (χ1n) is 6.70. The van der Waals surface area contributed by atoms with Crippen LogP contribution in [0.2, 0.25) is 0 Å². The van der Waals surface area contributed by atoms with Gasteiger partial charge in [0.05, 0.1) is 13.2 Å². The van der Waals surface area contributed by atoms with Gasteiger partial charge < -0.3 is 14.8 Å². The van der Waals surface area contributed by atoms with Crippen LogP contribution >= 0.6 is 0 Å². The van der Waals surface area contributed by atoms with E-state index in [2.05, 4.69) is 15.3 Å². The molecule has 0 aliphatic carbocycles. The number of benzene rings is 1. The van der Waals surface area contributed by atoms with E-state index in [0.29, 0.717) is 25.6 Å². The van der Waals surface area contributed by atoms with E-state index in [-0.39, 0.29) is 11.6 Å². The lowest BCUT2D eigenvalue weighted by atomic mass is 10.3. The second kappa shape index (κ2) is 7.84. The van der Waals surface area contributed by atoms with Crippen LogP contribution in [0.25, 0.3) is 0 Å². The molecular formula is C15H17N3O3. The van der Waals surface area contributed by atoms with E-state index < -0.39 is 0 Å². The predicted molar refractivity (Wildman–Crippen MR) is 77.5 cm³/mol. The van der Waals surface area contributed by atoms with Gasteiger partial charge >= 0.3 is 0 Å². The summed E-state index contributed by atoms with van der Waals surface area (Å²) in [6, 6.07) is 10.9. The largest absolute Gasteiger partial charge is 0.492 e. The van der Waals surface area contributed by atoms with Crippen molar-refractivity contribution in [1.82, 2.24) is 15.3 Å². The number of hydrogen-bond acceptors (Lipinski definition) is 5. The van der Waals surface area contributed by atoms with Gasteiger partial charge in [0.1, 0.15) is 24.4 Å². The molecule has 0 fully saturated rings. The second-order valence-corrected chi connectivity index (χ2v) is 4.09. The molecule has 2 rings (SSSR count). The second-order valence-electron chi connectivity index (χ2n) is 4.09. The molecule has 0 atom stereocenters. The SMILES string of the molecule is CCOc1cc(C(=O)NCCOc2ccccc2)ncn1. The first kappa shape index (κ1) is 14.8. The van der Waals surface area contributed by atoms with Crippen LogP contribution in [0.1, 0.15) is 17.4 Å². The van der Waals surface area contributed by atoms with E-state index >= 15 is 0 Å². The predicted octanol–water partition coefficient (Wildman–Crippen LogP) is 1.68. The van der Waals surface area contributed by atoms with Gasteiger partial charge in [-0.25, -0.2) is 9.97 Å². The summed E-state index contributed by atoms with van der Waals surface area (Å²) < 4.78 is 10.7. The summed E-state index contributed by atoms with van der Waals surface area (Å²) in [5, 5.41) is 2.73. The molecule has 0 saturated heterocycles. The summed E-state index contributed by atoms with van der Waals surface area (Å²) in [5.41, 5.74) is 0.271. The molecule has 110 valence electrons. The van der Waals surface area contributed by atoms with Gasteiger partial charge in [0, 0.05) is 6.07 Å². The van der Waals surface area contributed by atoms with E-state index in [1.807, 2.05) is 37.3 Å². The lowest BCUT2D eigenvalue weighted by Crippen LogP contribution is -2.28. The van der Waals surface area contributed by atoms with Crippen LogP contribution in [-0.2, 0) is 0 Å². The normalized spacial score (nSPS) is 9.95. The summed E-state index contributed by atoms with van der Waals surface area (Å²) in [6.07, 6.45) is 1.31. The van der Waals surface area contributed by atoms with Crippen LogP contribution in [0.5, 0.6) is 11.6 Å². The number of amides is 1. The van der Waals surface area contributed by atoms with Crippen LogP contribution in [-0.4, -0.2) is 35.6 Å². The topological polar surface area (TPSA) is 73.3 Å². The Morgan fingerprint density at radius 3 is 2.76 bits per heavy atom. The molecule has 1 heterocycles. The van der Waals surface area contributed by atoms with Crippen LogP contribution in [0.15, 0.2) is 42.7 Å². The van der Waals surface area contributed by atoms with Gasteiger partial charge in [-0.3, -0.25) is 4.79 Å². The van der Waals surface area contributed by atoms with Crippen molar-refractivity contribution in [2.24, 2.45) is 0 Å². The average molecular weight is 287 g/mol. The quantitative estimate of drug-likeness (QED) is 0.784. The van der Waals surface area contributed by atoms with Crippen LogP contribution in [0.4, 0.5) is 0 Å². The Hall–Kier alpha value is -2.63. The number of carbonyl (C=O) groups is 1. The maximum Gasteiger partial charge on any atom is 0.270 e. The third-order valence-electron chi connectivity index (χ3n) is 2.57. The molecule has 0 saturated carbocycles. The summed E-state index contributed by atoms with van der Waals surface area (Å²) in [6.45, 7) is 3.12. The lowest BCUT2D eigenvalue weighted by molar-refractivity contribution is 0.0941. The smallest absolute Gasteiger partial charge is 0.270 e. The fourth-order valence-electron chi connectivity index (χ4n) is 1.63. The number of ether oxygens (including phenoxy) is 2. The summed E-state index contributed by atoms with van der Waals surface area (Å²) in [7, 11) is 0. The zero-order chi connectivity index (χ0) is 14.9. The third-order valence-corrected chi connectivity index (χ3v) is 2.57. The Bertz CT molecular complexity index is 575. The van der Waals surface area contributed by atoms with Gasteiger partial charge in [0.25, 0.3) is 5.91 Å². The summed E-state index contributed by atoms with van der Waals surface area (Å²) >= 11 is 0. The van der Waals surface area contributed by atoms with Crippen molar-refractivity contribution < 1.29 is 14.3 Å². The molecule has 6 nitrogen and oxygen atoms in total. The highest BCUT2D eigenvalue weighted by atomic mass is 16.5. The van der Waals surface area contributed by atoms with Crippen molar-refractivity contribution >= 4 is 5.91 Å². The molecule has 1 N–H and O–H groups in total. The Morgan fingerprint density at radius 2 is 2.00 bits per heavy atom.